The summed E-state index contributed by atoms with van der Waals surface area (Å²) in [6, 6.07) is 2.06. The molecule has 0 saturated carbocycles. The lowest BCUT2D eigenvalue weighted by Gasteiger charge is -2.21. The monoisotopic (exact) mass is 443 g/mol. The summed E-state index contributed by atoms with van der Waals surface area (Å²) < 4.78 is 9.46. The van der Waals surface area contributed by atoms with Gasteiger partial charge in [0.25, 0.3) is 0 Å². The summed E-state index contributed by atoms with van der Waals surface area (Å²) in [6.45, 7) is 10.6. The Hall–Kier alpha value is -2.49. The number of likely N-dealkylation sites (N-methyl/N-ethyl adjacent to an activating group) is 1. The van der Waals surface area contributed by atoms with Crippen molar-refractivity contribution in [2.24, 2.45) is 11.8 Å². The van der Waals surface area contributed by atoms with Crippen molar-refractivity contribution in [3.8, 4) is 0 Å². The molecule has 0 fully saturated rings. The molecule has 0 aliphatic heterocycles. The van der Waals surface area contributed by atoms with E-state index in [-0.39, 0.29) is 12.6 Å². The number of aliphatic hydroxyl groups excluding tert-OH is 1. The van der Waals surface area contributed by atoms with Gasteiger partial charge in [-0.05, 0) is 38.9 Å². The van der Waals surface area contributed by atoms with Crippen LogP contribution < -0.4 is 5.32 Å². The predicted octanol–water partition coefficient (Wildman–Crippen LogP) is 3.34. The molecule has 0 saturated heterocycles. The molecule has 0 aliphatic carbocycles. The minimum absolute atomic E-state index is 0.0764. The Morgan fingerprint density at radius 1 is 1.19 bits per heavy atom. The van der Waals surface area contributed by atoms with Crippen molar-refractivity contribution in [1.82, 2.24) is 29.2 Å². The van der Waals surface area contributed by atoms with Gasteiger partial charge in [0.2, 0.25) is 5.95 Å². The van der Waals surface area contributed by atoms with Gasteiger partial charge in [-0.1, -0.05) is 27.2 Å². The molecule has 0 amide bonds. The fraction of sp³-hybridized carbons (Fsp3) is 0.609. The van der Waals surface area contributed by atoms with Crippen LogP contribution in [0.25, 0.3) is 11.0 Å². The fourth-order valence-electron chi connectivity index (χ4n) is 3.93. The van der Waals surface area contributed by atoms with Gasteiger partial charge in [-0.2, -0.15) is 10.1 Å². The van der Waals surface area contributed by atoms with Crippen molar-refractivity contribution in [1.29, 1.82) is 0 Å². The first-order chi connectivity index (χ1) is 15.2. The first kappa shape index (κ1) is 24.2. The molecule has 3 aromatic rings. The molecule has 0 radical (unpaired) electrons. The van der Waals surface area contributed by atoms with E-state index < -0.39 is 6.29 Å². The molecule has 176 valence electrons. The molecule has 2 unspecified atom stereocenters. The number of aromatic nitrogens is 5. The number of hydrogen-bond acceptors (Lipinski definition) is 7. The molecule has 0 spiro atoms. The highest BCUT2D eigenvalue weighted by Gasteiger charge is 2.15. The van der Waals surface area contributed by atoms with Crippen LogP contribution in [-0.4, -0.2) is 67.4 Å². The van der Waals surface area contributed by atoms with E-state index in [1.807, 2.05) is 38.3 Å². The Labute approximate surface area is 190 Å². The first-order valence-electron chi connectivity index (χ1n) is 11.3. The van der Waals surface area contributed by atoms with Crippen molar-refractivity contribution < 1.29 is 9.84 Å². The summed E-state index contributed by atoms with van der Waals surface area (Å²) in [7, 11) is 3.95. The van der Waals surface area contributed by atoms with Gasteiger partial charge in [0, 0.05) is 37.1 Å². The van der Waals surface area contributed by atoms with Crippen molar-refractivity contribution in [3.05, 3.63) is 30.9 Å². The van der Waals surface area contributed by atoms with E-state index in [9.17, 15) is 5.11 Å². The zero-order valence-corrected chi connectivity index (χ0v) is 20.1. The second-order valence-corrected chi connectivity index (χ2v) is 9.09. The number of fused-ring (bicyclic) bond motifs is 1. The Bertz CT molecular complexity index is 982. The van der Waals surface area contributed by atoms with Gasteiger partial charge >= 0.3 is 0 Å². The number of hydrogen-bond donors (Lipinski definition) is 2. The zero-order chi connectivity index (χ0) is 23.3. The van der Waals surface area contributed by atoms with Gasteiger partial charge in [0.05, 0.1) is 24.5 Å². The molecule has 3 rings (SSSR count). The summed E-state index contributed by atoms with van der Waals surface area (Å²) in [5.74, 6) is 1.74. The number of nitrogens with one attached hydrogen (secondary N) is 1. The molecule has 0 aliphatic rings. The van der Waals surface area contributed by atoms with Crippen molar-refractivity contribution in [2.75, 3.05) is 26.0 Å². The van der Waals surface area contributed by atoms with Gasteiger partial charge in [-0.15, -0.1) is 0 Å². The molecule has 2 N–H and O–H groups in total. The second-order valence-electron chi connectivity index (χ2n) is 9.09. The van der Waals surface area contributed by atoms with Crippen LogP contribution in [0.2, 0.25) is 0 Å². The predicted molar refractivity (Wildman–Crippen MR) is 127 cm³/mol. The van der Waals surface area contributed by atoms with Crippen LogP contribution in [0.3, 0.4) is 0 Å². The molecule has 3 aromatic heterocycles. The Morgan fingerprint density at radius 2 is 1.97 bits per heavy atom. The SMILES string of the molecule is CC[C@H](Cn1ccc2cnc(Nc3cnn(CC(O)OC(C)CN(C)C)c3)nc21)C(C)C. The third kappa shape index (κ3) is 6.51. The maximum Gasteiger partial charge on any atom is 0.229 e. The first-order valence-corrected chi connectivity index (χ1v) is 11.3. The van der Waals surface area contributed by atoms with E-state index in [2.05, 4.69) is 53.0 Å². The highest BCUT2D eigenvalue weighted by molar-refractivity contribution is 5.76. The molecule has 9 heteroatoms. The third-order valence-electron chi connectivity index (χ3n) is 5.64. The summed E-state index contributed by atoms with van der Waals surface area (Å²) in [5.41, 5.74) is 1.68. The highest BCUT2D eigenvalue weighted by atomic mass is 16.6. The third-order valence-corrected chi connectivity index (χ3v) is 5.64. The van der Waals surface area contributed by atoms with Crippen molar-refractivity contribution >= 4 is 22.7 Å². The Kier molecular flexibility index (Phi) is 8.22. The van der Waals surface area contributed by atoms with E-state index in [1.54, 1.807) is 10.9 Å². The van der Waals surface area contributed by atoms with E-state index in [4.69, 9.17) is 9.72 Å². The highest BCUT2D eigenvalue weighted by Crippen LogP contribution is 2.22. The fourth-order valence-corrected chi connectivity index (χ4v) is 3.93. The van der Waals surface area contributed by atoms with Crippen LogP contribution in [0.5, 0.6) is 0 Å². The van der Waals surface area contributed by atoms with E-state index >= 15 is 0 Å². The molecule has 32 heavy (non-hydrogen) atoms. The number of rotatable bonds is 12. The van der Waals surface area contributed by atoms with Crippen molar-refractivity contribution in [2.45, 2.75) is 59.6 Å². The molecular weight excluding hydrogens is 406 g/mol. The average Bonchev–Trinajstić information content (AvgIpc) is 3.31. The minimum atomic E-state index is -0.930. The second kappa shape index (κ2) is 10.9. The molecule has 9 nitrogen and oxygen atoms in total. The maximum atomic E-state index is 10.2. The Balaban J connectivity index is 1.64. The van der Waals surface area contributed by atoms with Gasteiger partial charge in [-0.3, -0.25) is 4.68 Å². The maximum absolute atomic E-state index is 10.2. The lowest BCUT2D eigenvalue weighted by molar-refractivity contribution is -0.142. The largest absolute Gasteiger partial charge is 0.366 e. The standard InChI is InChI=1S/C23H37N7O2/c1-7-18(16(2)3)13-29-9-8-19-10-24-23(27-22(19)29)26-20-11-25-30(14-20)15-21(31)32-17(4)12-28(5)6/h8-11,14,16-18,21,31H,7,12-13,15H2,1-6H3,(H,24,26,27)/t17?,18-,21?/m1/s1. The summed E-state index contributed by atoms with van der Waals surface area (Å²) in [4.78, 5) is 11.2. The van der Waals surface area contributed by atoms with Crippen LogP contribution in [0.4, 0.5) is 11.6 Å². The lowest BCUT2D eigenvalue weighted by Crippen LogP contribution is -2.31. The van der Waals surface area contributed by atoms with Gasteiger partial charge in [0.15, 0.2) is 6.29 Å². The summed E-state index contributed by atoms with van der Waals surface area (Å²) in [5, 5.41) is 18.7. The molecule has 0 aromatic carbocycles. The quantitative estimate of drug-likeness (QED) is 0.415. The Morgan fingerprint density at radius 3 is 2.66 bits per heavy atom. The number of aliphatic hydroxyl groups is 1. The van der Waals surface area contributed by atoms with Crippen LogP contribution >= 0.6 is 0 Å². The van der Waals surface area contributed by atoms with Crippen molar-refractivity contribution in [3.63, 3.8) is 0 Å². The number of anilines is 2. The van der Waals surface area contributed by atoms with Gasteiger partial charge in [-0.25, -0.2) is 4.98 Å². The van der Waals surface area contributed by atoms with Crippen LogP contribution in [0.15, 0.2) is 30.9 Å². The smallest absolute Gasteiger partial charge is 0.229 e. The van der Waals surface area contributed by atoms with Gasteiger partial charge in [0.1, 0.15) is 5.65 Å². The molecular formula is C23H37N7O2. The van der Waals surface area contributed by atoms with E-state index in [0.717, 1.165) is 36.2 Å². The zero-order valence-electron chi connectivity index (χ0n) is 20.1. The van der Waals surface area contributed by atoms with Gasteiger partial charge < -0.3 is 24.6 Å². The van der Waals surface area contributed by atoms with Crippen LogP contribution in [0, 0.1) is 11.8 Å². The van der Waals surface area contributed by atoms with Crippen LogP contribution in [0.1, 0.15) is 34.1 Å². The van der Waals surface area contributed by atoms with Crippen LogP contribution in [-0.2, 0) is 17.8 Å². The van der Waals surface area contributed by atoms with E-state index in [0.29, 0.717) is 17.8 Å². The normalized spacial score (nSPS) is 14.9. The number of nitrogens with zero attached hydrogens (tertiary/aromatic N) is 6. The lowest BCUT2D eigenvalue weighted by atomic mass is 9.93. The molecule has 0 bridgehead atoms. The number of ether oxygens (including phenoxy) is 1. The molecule has 3 atom stereocenters. The average molecular weight is 444 g/mol. The molecule has 3 heterocycles. The van der Waals surface area contributed by atoms with E-state index in [1.165, 1.54) is 0 Å². The summed E-state index contributed by atoms with van der Waals surface area (Å²) >= 11 is 0. The topological polar surface area (TPSA) is 93.3 Å². The summed E-state index contributed by atoms with van der Waals surface area (Å²) in [6.07, 6.45) is 7.55. The minimum Gasteiger partial charge on any atom is -0.366 e.